The van der Waals surface area contributed by atoms with Crippen molar-refractivity contribution in [2.24, 2.45) is 5.73 Å². The number of nitrogens with two attached hydrogens (primary N) is 1. The molecule has 1 saturated heterocycles. The van der Waals surface area contributed by atoms with E-state index in [9.17, 15) is 9.59 Å². The highest BCUT2D eigenvalue weighted by Crippen LogP contribution is 2.43. The molecule has 3 rings (SSSR count). The van der Waals surface area contributed by atoms with E-state index < -0.39 is 11.9 Å². The molecule has 0 spiro atoms. The summed E-state index contributed by atoms with van der Waals surface area (Å²) in [4.78, 5) is 27.8. The quantitative estimate of drug-likeness (QED) is 0.692. The maximum Gasteiger partial charge on any atom is 0.324 e. The van der Waals surface area contributed by atoms with Crippen LogP contribution >= 0.6 is 22.9 Å². The number of rotatable bonds is 4. The largest absolute Gasteiger partial charge is 0.365 e. The minimum absolute atomic E-state index is 0.234. The van der Waals surface area contributed by atoms with Crippen LogP contribution in [-0.4, -0.2) is 29.9 Å². The molecular weight excluding hydrogens is 384 g/mol. The van der Waals surface area contributed by atoms with Crippen LogP contribution in [0.4, 0.5) is 15.5 Å². The van der Waals surface area contributed by atoms with Crippen LogP contribution in [0.25, 0.3) is 0 Å². The summed E-state index contributed by atoms with van der Waals surface area (Å²) in [6.07, 6.45) is 2.12. The first kappa shape index (κ1) is 19.7. The Labute approximate surface area is 167 Å². The molecule has 1 fully saturated rings. The second-order valence-corrected chi connectivity index (χ2v) is 8.34. The molecule has 6 nitrogen and oxygen atoms in total. The Morgan fingerprint density at radius 1 is 1.22 bits per heavy atom. The summed E-state index contributed by atoms with van der Waals surface area (Å²) in [5, 5.41) is 6.58. The van der Waals surface area contributed by atoms with E-state index in [1.165, 1.54) is 11.3 Å². The van der Waals surface area contributed by atoms with Crippen LogP contribution in [-0.2, 0) is 0 Å². The zero-order chi connectivity index (χ0) is 19.7. The van der Waals surface area contributed by atoms with Crippen molar-refractivity contribution < 1.29 is 9.59 Å². The van der Waals surface area contributed by atoms with Crippen molar-refractivity contribution in [3.05, 3.63) is 45.3 Å². The number of nitrogens with one attached hydrogen (secondary N) is 2. The first-order valence-electron chi connectivity index (χ1n) is 8.76. The van der Waals surface area contributed by atoms with Gasteiger partial charge in [-0.05, 0) is 63.6 Å². The molecule has 1 aliphatic rings. The van der Waals surface area contributed by atoms with Gasteiger partial charge in [-0.15, -0.1) is 11.3 Å². The molecule has 144 valence electrons. The van der Waals surface area contributed by atoms with Crippen molar-refractivity contribution in [1.82, 2.24) is 4.90 Å². The maximum absolute atomic E-state index is 12.4. The minimum Gasteiger partial charge on any atom is -0.365 e. The van der Waals surface area contributed by atoms with Gasteiger partial charge in [-0.1, -0.05) is 11.6 Å². The molecule has 0 aliphatic carbocycles. The molecule has 0 radical (unpaired) electrons. The van der Waals surface area contributed by atoms with Crippen LogP contribution < -0.4 is 16.4 Å². The molecule has 2 heterocycles. The number of likely N-dealkylation sites (tertiary alicyclic amines) is 1. The van der Waals surface area contributed by atoms with E-state index in [-0.39, 0.29) is 6.04 Å². The molecule has 0 saturated carbocycles. The lowest BCUT2D eigenvalue weighted by Gasteiger charge is -2.23. The van der Waals surface area contributed by atoms with Crippen molar-refractivity contribution >= 4 is 45.6 Å². The summed E-state index contributed by atoms with van der Waals surface area (Å²) >= 11 is 7.28. The Kier molecular flexibility index (Phi) is 5.74. The SMILES string of the molecule is Cc1c(C2CCC(C)N2C)sc(NC(=O)Nc2ccc(Cl)cc2)c1C(N)=O. The third kappa shape index (κ3) is 4.10. The van der Waals surface area contributed by atoms with E-state index in [2.05, 4.69) is 29.5 Å². The lowest BCUT2D eigenvalue weighted by Crippen LogP contribution is -2.24. The molecule has 1 aromatic carbocycles. The standard InChI is InChI=1S/C19H23ClN4O2S/c1-10-4-9-14(24(10)3)16-11(2)15(17(21)25)18(27-16)23-19(26)22-13-7-5-12(20)6-8-13/h5-8,10,14H,4,9H2,1-3H3,(H2,21,25)(H2,22,23,26). The first-order valence-corrected chi connectivity index (χ1v) is 9.96. The highest BCUT2D eigenvalue weighted by atomic mass is 35.5. The third-order valence-corrected chi connectivity index (χ3v) is 6.67. The minimum atomic E-state index is -0.537. The van der Waals surface area contributed by atoms with Crippen LogP contribution in [0.5, 0.6) is 0 Å². The van der Waals surface area contributed by atoms with Crippen molar-refractivity contribution in [2.45, 2.75) is 38.8 Å². The first-order chi connectivity index (χ1) is 12.8. The van der Waals surface area contributed by atoms with Crippen LogP contribution in [0.15, 0.2) is 24.3 Å². The second kappa shape index (κ2) is 7.88. The Balaban J connectivity index is 1.84. The van der Waals surface area contributed by atoms with Crippen molar-refractivity contribution in [3.8, 4) is 0 Å². The Morgan fingerprint density at radius 3 is 2.44 bits per heavy atom. The van der Waals surface area contributed by atoms with E-state index >= 15 is 0 Å². The fraction of sp³-hybridized carbons (Fsp3) is 0.368. The summed E-state index contributed by atoms with van der Waals surface area (Å²) < 4.78 is 0. The van der Waals surface area contributed by atoms with Gasteiger partial charge in [-0.25, -0.2) is 4.79 Å². The predicted octanol–water partition coefficient (Wildman–Crippen LogP) is 4.61. The molecular formula is C19H23ClN4O2S. The lowest BCUT2D eigenvalue weighted by atomic mass is 10.1. The molecule has 2 atom stereocenters. The van der Waals surface area contributed by atoms with E-state index in [1.807, 2.05) is 6.92 Å². The molecule has 27 heavy (non-hydrogen) atoms. The maximum atomic E-state index is 12.4. The Hall–Kier alpha value is -2.09. The van der Waals surface area contributed by atoms with Gasteiger partial charge in [0.25, 0.3) is 5.91 Å². The molecule has 2 aromatic rings. The van der Waals surface area contributed by atoms with Gasteiger partial charge < -0.3 is 11.1 Å². The average Bonchev–Trinajstić information content (AvgIpc) is 3.09. The normalized spacial score (nSPS) is 19.9. The zero-order valence-electron chi connectivity index (χ0n) is 15.5. The van der Waals surface area contributed by atoms with Crippen molar-refractivity contribution in [3.63, 3.8) is 0 Å². The fourth-order valence-electron chi connectivity index (χ4n) is 3.46. The summed E-state index contributed by atoms with van der Waals surface area (Å²) in [6.45, 7) is 4.09. The number of nitrogens with zero attached hydrogens (tertiary/aromatic N) is 1. The van der Waals surface area contributed by atoms with E-state index in [0.29, 0.717) is 27.3 Å². The Morgan fingerprint density at radius 2 is 1.89 bits per heavy atom. The summed E-state index contributed by atoms with van der Waals surface area (Å²) in [6, 6.07) is 7.08. The summed E-state index contributed by atoms with van der Waals surface area (Å²) in [7, 11) is 2.09. The predicted molar refractivity (Wildman–Crippen MR) is 111 cm³/mol. The number of anilines is 2. The molecule has 8 heteroatoms. The average molecular weight is 407 g/mol. The lowest BCUT2D eigenvalue weighted by molar-refractivity contribution is 0.100. The molecule has 2 unspecified atom stereocenters. The van der Waals surface area contributed by atoms with Crippen LogP contribution in [0.3, 0.4) is 0 Å². The fourth-order valence-corrected chi connectivity index (χ4v) is 4.98. The number of urea groups is 1. The number of hydrogen-bond donors (Lipinski definition) is 3. The number of primary amides is 1. The number of halogens is 1. The number of benzene rings is 1. The summed E-state index contributed by atoms with van der Waals surface area (Å²) in [5.74, 6) is -0.537. The zero-order valence-corrected chi connectivity index (χ0v) is 17.1. The number of carbonyl (C=O) groups is 2. The van der Waals surface area contributed by atoms with Crippen LogP contribution in [0.2, 0.25) is 5.02 Å². The van der Waals surface area contributed by atoms with E-state index in [1.54, 1.807) is 24.3 Å². The van der Waals surface area contributed by atoms with Crippen LogP contribution in [0, 0.1) is 6.92 Å². The third-order valence-electron chi connectivity index (χ3n) is 5.11. The Bertz CT molecular complexity index is 865. The van der Waals surface area contributed by atoms with E-state index in [0.717, 1.165) is 23.3 Å². The molecule has 0 bridgehead atoms. The highest BCUT2D eigenvalue weighted by Gasteiger charge is 2.33. The van der Waals surface area contributed by atoms with Gasteiger partial charge in [0.15, 0.2) is 0 Å². The van der Waals surface area contributed by atoms with Crippen molar-refractivity contribution in [2.75, 3.05) is 17.7 Å². The van der Waals surface area contributed by atoms with Gasteiger partial charge in [-0.2, -0.15) is 0 Å². The molecule has 3 amide bonds. The molecule has 4 N–H and O–H groups in total. The van der Waals surface area contributed by atoms with Gasteiger partial charge in [0, 0.05) is 27.7 Å². The topological polar surface area (TPSA) is 87.5 Å². The van der Waals surface area contributed by atoms with Gasteiger partial charge in [0.2, 0.25) is 0 Å². The van der Waals surface area contributed by atoms with Gasteiger partial charge in [0.1, 0.15) is 5.00 Å². The smallest absolute Gasteiger partial charge is 0.324 e. The molecule has 1 aromatic heterocycles. The van der Waals surface area contributed by atoms with E-state index in [4.69, 9.17) is 17.3 Å². The second-order valence-electron chi connectivity index (χ2n) is 6.85. The number of carbonyl (C=O) groups excluding carboxylic acids is 2. The summed E-state index contributed by atoms with van der Waals surface area (Å²) in [5.41, 5.74) is 7.44. The van der Waals surface area contributed by atoms with Crippen LogP contribution in [0.1, 0.15) is 46.6 Å². The number of amides is 3. The number of hydrogen-bond acceptors (Lipinski definition) is 4. The number of thiophene rings is 1. The monoisotopic (exact) mass is 406 g/mol. The highest BCUT2D eigenvalue weighted by molar-refractivity contribution is 7.17. The van der Waals surface area contributed by atoms with Gasteiger partial charge in [-0.3, -0.25) is 15.0 Å². The van der Waals surface area contributed by atoms with Gasteiger partial charge >= 0.3 is 6.03 Å². The van der Waals surface area contributed by atoms with Gasteiger partial charge in [0.05, 0.1) is 5.56 Å². The molecule has 1 aliphatic heterocycles. The van der Waals surface area contributed by atoms with Crippen molar-refractivity contribution in [1.29, 1.82) is 0 Å².